The number of halogens is 3. The summed E-state index contributed by atoms with van der Waals surface area (Å²) in [7, 11) is 0. The molecule has 4 heteroatoms. The minimum absolute atomic E-state index is 0.368. The molecule has 0 saturated carbocycles. The molecular weight excluding hydrogens is 169 g/mol. The fraction of sp³-hybridized carbons (Fsp3) is 0.750. The molecule has 0 amide bonds. The fourth-order valence-electron chi connectivity index (χ4n) is 1.13. The van der Waals surface area contributed by atoms with E-state index in [0.717, 1.165) is 6.92 Å². The van der Waals surface area contributed by atoms with Crippen LogP contribution in [0.4, 0.5) is 13.2 Å². The van der Waals surface area contributed by atoms with Crippen LogP contribution in [0.1, 0.15) is 20.3 Å². The van der Waals surface area contributed by atoms with Gasteiger partial charge in [-0.05, 0) is 13.0 Å². The molecule has 0 aliphatic carbocycles. The Bertz CT molecular complexity index is 195. The van der Waals surface area contributed by atoms with Gasteiger partial charge >= 0.3 is 6.18 Å². The van der Waals surface area contributed by atoms with E-state index in [1.807, 2.05) is 0 Å². The molecule has 70 valence electrons. The van der Waals surface area contributed by atoms with Crippen molar-refractivity contribution < 1.29 is 17.9 Å². The second-order valence-corrected chi connectivity index (χ2v) is 3.04. The third-order valence-electron chi connectivity index (χ3n) is 2.05. The number of hydrogen-bond acceptors (Lipinski definition) is 1. The second kappa shape index (κ2) is 2.99. The number of rotatable bonds is 1. The summed E-state index contributed by atoms with van der Waals surface area (Å²) in [5.74, 6) is -0.790. The van der Waals surface area contributed by atoms with Crippen molar-refractivity contribution in [1.82, 2.24) is 0 Å². The van der Waals surface area contributed by atoms with Gasteiger partial charge in [-0.3, -0.25) is 0 Å². The first kappa shape index (κ1) is 9.42. The van der Waals surface area contributed by atoms with Gasteiger partial charge in [-0.1, -0.05) is 6.92 Å². The summed E-state index contributed by atoms with van der Waals surface area (Å²) in [5, 5.41) is 0. The van der Waals surface area contributed by atoms with Crippen LogP contribution in [0.15, 0.2) is 11.8 Å². The molecule has 0 N–H and O–H groups in total. The molecule has 1 nitrogen and oxygen atoms in total. The van der Waals surface area contributed by atoms with E-state index in [1.54, 1.807) is 13.0 Å². The zero-order valence-electron chi connectivity index (χ0n) is 6.98. The van der Waals surface area contributed by atoms with Crippen molar-refractivity contribution in [3.05, 3.63) is 11.8 Å². The largest absolute Gasteiger partial charge is 0.494 e. The molecule has 1 heterocycles. The van der Waals surface area contributed by atoms with E-state index < -0.39 is 18.2 Å². The predicted octanol–water partition coefficient (Wildman–Crippen LogP) is 2.88. The normalized spacial score (nSPS) is 26.4. The van der Waals surface area contributed by atoms with E-state index >= 15 is 0 Å². The molecule has 0 bridgehead atoms. The molecule has 0 spiro atoms. The number of ether oxygens (including phenoxy) is 1. The highest BCUT2D eigenvalue weighted by atomic mass is 19.4. The Hall–Kier alpha value is -0.670. The third-order valence-corrected chi connectivity index (χ3v) is 2.05. The van der Waals surface area contributed by atoms with Gasteiger partial charge in [-0.25, -0.2) is 0 Å². The van der Waals surface area contributed by atoms with Crippen molar-refractivity contribution in [3.63, 3.8) is 0 Å². The maximum Gasteiger partial charge on any atom is 0.395 e. The Kier molecular flexibility index (Phi) is 2.35. The number of alkyl halides is 3. The Morgan fingerprint density at radius 1 is 1.58 bits per heavy atom. The third kappa shape index (κ3) is 1.93. The van der Waals surface area contributed by atoms with Crippen LogP contribution in [0, 0.1) is 5.92 Å². The Balaban J connectivity index is 2.51. The molecule has 0 radical (unpaired) electrons. The van der Waals surface area contributed by atoms with Crippen LogP contribution in [0.2, 0.25) is 0 Å². The van der Waals surface area contributed by atoms with E-state index in [0.29, 0.717) is 12.2 Å². The molecule has 1 rings (SSSR count). The fourth-order valence-corrected chi connectivity index (χ4v) is 1.13. The van der Waals surface area contributed by atoms with Gasteiger partial charge < -0.3 is 4.74 Å². The summed E-state index contributed by atoms with van der Waals surface area (Å²) in [6.07, 6.45) is -2.81. The summed E-state index contributed by atoms with van der Waals surface area (Å²) in [6.45, 7) is 2.82. The smallest absolute Gasteiger partial charge is 0.395 e. The van der Waals surface area contributed by atoms with Gasteiger partial charge in [0.1, 0.15) is 6.10 Å². The lowest BCUT2D eigenvalue weighted by atomic mass is 10.0. The van der Waals surface area contributed by atoms with Crippen molar-refractivity contribution in [2.75, 3.05) is 0 Å². The average molecular weight is 180 g/mol. The molecule has 1 aliphatic rings. The van der Waals surface area contributed by atoms with Crippen LogP contribution in [0.25, 0.3) is 0 Å². The minimum Gasteiger partial charge on any atom is -0.494 e. The van der Waals surface area contributed by atoms with Crippen molar-refractivity contribution >= 4 is 0 Å². The molecule has 0 saturated heterocycles. The van der Waals surface area contributed by atoms with Gasteiger partial charge in [-0.15, -0.1) is 0 Å². The van der Waals surface area contributed by atoms with Crippen LogP contribution in [0.3, 0.4) is 0 Å². The van der Waals surface area contributed by atoms with E-state index in [1.165, 1.54) is 0 Å². The zero-order valence-corrected chi connectivity index (χ0v) is 6.98. The van der Waals surface area contributed by atoms with Crippen LogP contribution >= 0.6 is 0 Å². The van der Waals surface area contributed by atoms with E-state index in [9.17, 15) is 13.2 Å². The van der Waals surface area contributed by atoms with Gasteiger partial charge in [-0.2, -0.15) is 13.2 Å². The van der Waals surface area contributed by atoms with Crippen molar-refractivity contribution in [2.24, 2.45) is 5.92 Å². The second-order valence-electron chi connectivity index (χ2n) is 3.04. The molecule has 2 atom stereocenters. The molecule has 0 aromatic rings. The lowest BCUT2D eigenvalue weighted by Gasteiger charge is -2.22. The summed E-state index contributed by atoms with van der Waals surface area (Å²) >= 11 is 0. The molecule has 2 unspecified atom stereocenters. The van der Waals surface area contributed by atoms with E-state index in [2.05, 4.69) is 0 Å². The average Bonchev–Trinajstić information content (AvgIpc) is 2.32. The highest BCUT2D eigenvalue weighted by Crippen LogP contribution is 2.34. The lowest BCUT2D eigenvalue weighted by molar-refractivity contribution is -0.193. The topological polar surface area (TPSA) is 9.23 Å². The Labute approximate surface area is 69.2 Å². The van der Waals surface area contributed by atoms with Crippen molar-refractivity contribution in [2.45, 2.75) is 32.5 Å². The summed E-state index contributed by atoms with van der Waals surface area (Å²) in [5.41, 5.74) is 0. The Morgan fingerprint density at radius 2 is 2.17 bits per heavy atom. The maximum atomic E-state index is 12.1. The minimum atomic E-state index is -4.15. The molecule has 1 aliphatic heterocycles. The van der Waals surface area contributed by atoms with Crippen molar-refractivity contribution in [1.29, 1.82) is 0 Å². The summed E-state index contributed by atoms with van der Waals surface area (Å²) in [6, 6.07) is 0. The first-order valence-electron chi connectivity index (χ1n) is 3.81. The summed E-state index contributed by atoms with van der Waals surface area (Å²) in [4.78, 5) is 0. The predicted molar refractivity (Wildman–Crippen MR) is 38.5 cm³/mol. The van der Waals surface area contributed by atoms with E-state index in [-0.39, 0.29) is 0 Å². The van der Waals surface area contributed by atoms with Gasteiger partial charge in [0.2, 0.25) is 0 Å². The van der Waals surface area contributed by atoms with Crippen LogP contribution in [-0.4, -0.2) is 12.3 Å². The van der Waals surface area contributed by atoms with Crippen LogP contribution < -0.4 is 0 Å². The first-order valence-corrected chi connectivity index (χ1v) is 3.81. The number of allylic oxidation sites excluding steroid dienone is 1. The molecule has 0 aromatic heterocycles. The quantitative estimate of drug-likeness (QED) is 0.602. The van der Waals surface area contributed by atoms with Gasteiger partial charge in [0, 0.05) is 6.42 Å². The van der Waals surface area contributed by atoms with Gasteiger partial charge in [0.25, 0.3) is 0 Å². The SMILES string of the molecule is CC1=CCC(C(C)C(F)(F)F)O1. The maximum absolute atomic E-state index is 12.1. The van der Waals surface area contributed by atoms with Crippen LogP contribution in [-0.2, 0) is 4.74 Å². The van der Waals surface area contributed by atoms with Gasteiger partial charge in [0.15, 0.2) is 0 Å². The highest BCUT2D eigenvalue weighted by molar-refractivity contribution is 4.99. The van der Waals surface area contributed by atoms with Crippen LogP contribution in [0.5, 0.6) is 0 Å². The molecule has 12 heavy (non-hydrogen) atoms. The zero-order chi connectivity index (χ0) is 9.35. The molecular formula is C8H11F3O. The Morgan fingerprint density at radius 3 is 2.50 bits per heavy atom. The molecule has 0 fully saturated rings. The standard InChI is InChI=1S/C8H11F3O/c1-5-3-4-7(12-5)6(2)8(9,10)11/h3,6-7H,4H2,1-2H3. The van der Waals surface area contributed by atoms with E-state index in [4.69, 9.17) is 4.74 Å². The lowest BCUT2D eigenvalue weighted by Crippen LogP contribution is -2.31. The summed E-state index contributed by atoms with van der Waals surface area (Å²) < 4.78 is 41.4. The van der Waals surface area contributed by atoms with Gasteiger partial charge in [0.05, 0.1) is 11.7 Å². The molecule has 0 aromatic carbocycles. The first-order chi connectivity index (χ1) is 5.41. The van der Waals surface area contributed by atoms with Crippen molar-refractivity contribution in [3.8, 4) is 0 Å². The highest BCUT2D eigenvalue weighted by Gasteiger charge is 2.43. The monoisotopic (exact) mass is 180 g/mol. The number of hydrogen-bond donors (Lipinski definition) is 0.